The maximum absolute atomic E-state index is 12.6. The number of Topliss-reactive ketones (excluding diaryl/α,β-unsaturated/α-hetero) is 8. The molecule has 5 amide bonds. The van der Waals surface area contributed by atoms with E-state index in [0.717, 1.165) is 30.6 Å². The number of carbonyl (C=O) groups is 13. The van der Waals surface area contributed by atoms with Crippen LogP contribution in [0.15, 0.2) is 24.3 Å². The smallest absolute Gasteiger partial charge is 0.243 e. The van der Waals surface area contributed by atoms with Crippen LogP contribution in [0.3, 0.4) is 0 Å². The topological polar surface area (TPSA) is 240 Å². The fourth-order valence-electron chi connectivity index (χ4n) is 7.52. The highest BCUT2D eigenvalue weighted by atomic mass is 32.2. The Morgan fingerprint density at radius 1 is 0.481 bits per heavy atom. The van der Waals surface area contributed by atoms with E-state index in [1.54, 1.807) is 65.8 Å². The zero-order valence-corrected chi connectivity index (χ0v) is 50.4. The van der Waals surface area contributed by atoms with Crippen molar-refractivity contribution in [2.75, 3.05) is 29.9 Å². The number of rotatable bonds is 25. The first-order valence-corrected chi connectivity index (χ1v) is 29.4. The third-order valence-corrected chi connectivity index (χ3v) is 15.8. The van der Waals surface area contributed by atoms with E-state index in [9.17, 15) is 62.3 Å². The Hall–Kier alpha value is -4.97. The molecule has 3 fully saturated rings. The SMILES string of the molecule is CC(C)C(=O)CC(=O)C(C)C.CC(C)C(=O)CC(=O)Nc1ccc(C(=O)C(C)C)cc1.CC(C)C(=O)CSC1CC(=O)N(CC(=O)C(C)C)C1=O.CC(C)C(=O)CSC1CC(=O)N(CC2CCC(C(=O)C(C)C)CC2)C1=O. The summed E-state index contributed by atoms with van der Waals surface area (Å²) in [6, 6.07) is 6.71. The average Bonchev–Trinajstić information content (AvgIpc) is 3.78. The zero-order chi connectivity index (χ0) is 59.2. The molecule has 3 aliphatic rings. The van der Waals surface area contributed by atoms with E-state index in [0.29, 0.717) is 29.5 Å². The van der Waals surface area contributed by atoms with Gasteiger partial charge in [-0.15, -0.1) is 23.5 Å². The first kappa shape index (κ1) is 70.0. The van der Waals surface area contributed by atoms with Crippen molar-refractivity contribution in [2.45, 2.75) is 173 Å². The number of anilines is 1. The van der Waals surface area contributed by atoms with E-state index < -0.39 is 10.5 Å². The lowest BCUT2D eigenvalue weighted by Gasteiger charge is -2.30. The van der Waals surface area contributed by atoms with Crippen LogP contribution >= 0.6 is 23.5 Å². The summed E-state index contributed by atoms with van der Waals surface area (Å²) in [5.74, 6) is -0.338. The lowest BCUT2D eigenvalue weighted by molar-refractivity contribution is -0.142. The highest BCUT2D eigenvalue weighted by Gasteiger charge is 2.42. The van der Waals surface area contributed by atoms with Gasteiger partial charge in [0, 0.05) is 83.9 Å². The fourth-order valence-corrected chi connectivity index (χ4v) is 9.98. The lowest BCUT2D eigenvalue weighted by Crippen LogP contribution is -2.37. The van der Waals surface area contributed by atoms with Gasteiger partial charge in [-0.2, -0.15) is 0 Å². The first-order chi connectivity index (χ1) is 35.7. The summed E-state index contributed by atoms with van der Waals surface area (Å²) < 4.78 is 0. The molecule has 1 saturated carbocycles. The molecule has 0 bridgehead atoms. The van der Waals surface area contributed by atoms with Crippen LogP contribution in [0.25, 0.3) is 0 Å². The van der Waals surface area contributed by atoms with Gasteiger partial charge in [-0.25, -0.2) is 0 Å². The van der Waals surface area contributed by atoms with E-state index in [-0.39, 0.29) is 167 Å². The molecule has 16 nitrogen and oxygen atoms in total. The molecule has 2 saturated heterocycles. The second kappa shape index (κ2) is 34.1. The Bertz CT molecular complexity index is 2240. The molecule has 1 N–H and O–H groups in total. The molecule has 0 spiro atoms. The van der Waals surface area contributed by atoms with Crippen LogP contribution < -0.4 is 5.32 Å². The molecule has 1 aliphatic carbocycles. The van der Waals surface area contributed by atoms with Gasteiger partial charge in [-0.05, 0) is 55.9 Å². The van der Waals surface area contributed by atoms with Gasteiger partial charge in [0.15, 0.2) is 11.6 Å². The molecule has 2 unspecified atom stereocenters. The summed E-state index contributed by atoms with van der Waals surface area (Å²) in [6.07, 6.45) is 3.78. The molecule has 4 rings (SSSR count). The van der Waals surface area contributed by atoms with Crippen molar-refractivity contribution in [1.29, 1.82) is 0 Å². The van der Waals surface area contributed by atoms with Crippen LogP contribution in [0, 0.1) is 59.2 Å². The van der Waals surface area contributed by atoms with Gasteiger partial charge in [0.25, 0.3) is 0 Å². The highest BCUT2D eigenvalue weighted by Crippen LogP contribution is 2.34. The van der Waals surface area contributed by atoms with Crippen LogP contribution in [0.1, 0.15) is 173 Å². The van der Waals surface area contributed by atoms with E-state index in [4.69, 9.17) is 0 Å². The maximum Gasteiger partial charge on any atom is 0.243 e. The third kappa shape index (κ3) is 24.7. The molecule has 1 aromatic rings. The second-order valence-electron chi connectivity index (χ2n) is 22.7. The molecule has 0 radical (unpaired) electrons. The number of nitrogens with zero attached hydrogens (tertiary/aromatic N) is 2. The predicted octanol–water partition coefficient (Wildman–Crippen LogP) is 9.31. The van der Waals surface area contributed by atoms with E-state index >= 15 is 0 Å². The largest absolute Gasteiger partial charge is 0.326 e. The summed E-state index contributed by atoms with van der Waals surface area (Å²) >= 11 is 2.50. The second-order valence-corrected chi connectivity index (χ2v) is 25.0. The number of amides is 5. The van der Waals surface area contributed by atoms with Gasteiger partial charge in [0.1, 0.15) is 34.7 Å². The number of benzene rings is 1. The van der Waals surface area contributed by atoms with Gasteiger partial charge < -0.3 is 5.32 Å². The zero-order valence-electron chi connectivity index (χ0n) is 48.7. The van der Waals surface area contributed by atoms with Crippen molar-refractivity contribution in [3.05, 3.63) is 29.8 Å². The van der Waals surface area contributed by atoms with Crippen molar-refractivity contribution >= 4 is 105 Å². The number of hydrogen-bond donors (Lipinski definition) is 1. The summed E-state index contributed by atoms with van der Waals surface area (Å²) in [5, 5.41) is 1.72. The molecular formula is C59H89N3O13S2. The Labute approximate surface area is 466 Å². The number of imide groups is 2. The van der Waals surface area contributed by atoms with E-state index in [2.05, 4.69) is 5.32 Å². The van der Waals surface area contributed by atoms with Crippen molar-refractivity contribution in [1.82, 2.24) is 9.80 Å². The van der Waals surface area contributed by atoms with Crippen LogP contribution in [-0.4, -0.2) is 121 Å². The van der Waals surface area contributed by atoms with Crippen LogP contribution in [0.2, 0.25) is 0 Å². The standard InChI is InChI=1S/C20H31NO4S.C16H21NO3.C14H21NO4S.C9H16O2/c1-12(2)16(22)11-26-17-9-18(23)21(20(17)25)10-14-5-7-15(8-6-14)19(24)13(3)4;1-10(2)14(18)9-15(19)17-13-7-5-12(6-8-13)16(20)11(3)4;1-8(2)10(16)6-15-13(18)5-12(14(15)19)20-7-11(17)9(3)4;1-6(2)8(10)5-9(11)7(3)4/h12-15,17H,5-11H2,1-4H3;5-8,10-11H,9H2,1-4H3,(H,17,19);8-9,12H,5-7H2,1-4H3;6-7H,5H2,1-4H3. The van der Waals surface area contributed by atoms with Crippen molar-refractivity contribution < 1.29 is 62.3 Å². The van der Waals surface area contributed by atoms with Gasteiger partial charge in [-0.1, -0.05) is 111 Å². The molecule has 77 heavy (non-hydrogen) atoms. The molecule has 2 aliphatic heterocycles. The normalized spacial score (nSPS) is 18.4. The molecule has 0 aromatic heterocycles. The molecule has 1 aromatic carbocycles. The Morgan fingerprint density at radius 3 is 1.26 bits per heavy atom. The Kier molecular flexibility index (Phi) is 31.0. The Balaban J connectivity index is 0.000000532. The summed E-state index contributed by atoms with van der Waals surface area (Å²) in [7, 11) is 0. The van der Waals surface area contributed by atoms with Gasteiger partial charge in [-0.3, -0.25) is 72.1 Å². The molecule has 430 valence electrons. The van der Waals surface area contributed by atoms with Crippen molar-refractivity contribution in [2.24, 2.45) is 59.2 Å². The predicted molar refractivity (Wildman–Crippen MR) is 303 cm³/mol. The monoisotopic (exact) mass is 1110 g/mol. The fraction of sp³-hybridized carbons (Fsp3) is 0.678. The number of thioether (sulfide) groups is 2. The average molecular weight is 1110 g/mol. The number of nitrogens with one attached hydrogen (secondary N) is 1. The maximum atomic E-state index is 12.6. The van der Waals surface area contributed by atoms with Crippen molar-refractivity contribution in [3.63, 3.8) is 0 Å². The van der Waals surface area contributed by atoms with Gasteiger partial charge in [0.2, 0.25) is 29.5 Å². The highest BCUT2D eigenvalue weighted by molar-refractivity contribution is 8.01. The molecule has 2 heterocycles. The lowest BCUT2D eigenvalue weighted by atomic mass is 9.77. The number of likely N-dealkylation sites (tertiary alicyclic amines) is 2. The van der Waals surface area contributed by atoms with E-state index in [1.165, 1.54) is 28.4 Å². The van der Waals surface area contributed by atoms with Crippen LogP contribution in [-0.2, 0) is 57.5 Å². The number of ketones is 8. The minimum Gasteiger partial charge on any atom is -0.326 e. The van der Waals surface area contributed by atoms with Gasteiger partial charge in [0.05, 0.1) is 41.4 Å². The summed E-state index contributed by atoms with van der Waals surface area (Å²) in [4.78, 5) is 155. The van der Waals surface area contributed by atoms with Crippen LogP contribution in [0.4, 0.5) is 5.69 Å². The van der Waals surface area contributed by atoms with Gasteiger partial charge >= 0.3 is 0 Å². The molecular weight excluding hydrogens is 1020 g/mol. The third-order valence-electron chi connectivity index (χ3n) is 13.4. The van der Waals surface area contributed by atoms with Crippen molar-refractivity contribution in [3.8, 4) is 0 Å². The molecule has 2 atom stereocenters. The Morgan fingerprint density at radius 2 is 0.870 bits per heavy atom. The molecule has 18 heteroatoms. The first-order valence-electron chi connectivity index (χ1n) is 27.3. The summed E-state index contributed by atoms with van der Waals surface area (Å²) in [6.45, 7) is 29.5. The minimum atomic E-state index is -0.523. The van der Waals surface area contributed by atoms with E-state index in [1.807, 2.05) is 69.2 Å². The quantitative estimate of drug-likeness (QED) is 0.0545. The van der Waals surface area contributed by atoms with Crippen LogP contribution in [0.5, 0.6) is 0 Å². The minimum absolute atomic E-state index is 0.0160. The number of carbonyl (C=O) groups excluding carboxylic acids is 13. The summed E-state index contributed by atoms with van der Waals surface area (Å²) in [5.41, 5.74) is 1.21. The number of hydrogen-bond acceptors (Lipinski definition) is 15.